The van der Waals surface area contributed by atoms with Gasteiger partial charge >= 0.3 is 12.1 Å². The average molecular weight is 321 g/mol. The molecule has 0 aliphatic carbocycles. The van der Waals surface area contributed by atoms with Gasteiger partial charge in [0.2, 0.25) is 5.92 Å². The summed E-state index contributed by atoms with van der Waals surface area (Å²) < 4.78 is 41.0. The van der Waals surface area contributed by atoms with Crippen molar-refractivity contribution < 1.29 is 27.5 Å². The van der Waals surface area contributed by atoms with Gasteiger partial charge in [-0.25, -0.2) is 0 Å². The van der Waals surface area contributed by atoms with E-state index in [9.17, 15) is 22.8 Å². The highest BCUT2D eigenvalue weighted by molar-refractivity contribution is 6.04. The van der Waals surface area contributed by atoms with Crippen LogP contribution in [0.25, 0.3) is 0 Å². The number of hydrogen-bond acceptors (Lipinski definition) is 4. The average Bonchev–Trinajstić information content (AvgIpc) is 2.45. The smallest absolute Gasteiger partial charge is 0.452 e. The van der Waals surface area contributed by atoms with Gasteiger partial charge in [0.05, 0.1) is 12.7 Å². The molecule has 0 bridgehead atoms. The first kappa shape index (κ1) is 20.4. The molecule has 4 nitrogen and oxygen atoms in total. The van der Waals surface area contributed by atoms with Gasteiger partial charge in [0.15, 0.2) is 0 Å². The molecule has 0 saturated heterocycles. The van der Waals surface area contributed by atoms with Gasteiger partial charge in [-0.05, 0) is 6.42 Å². The summed E-state index contributed by atoms with van der Waals surface area (Å²) in [5.74, 6) is -6.22. The van der Waals surface area contributed by atoms with Gasteiger partial charge in [-0.3, -0.25) is 9.59 Å². The highest BCUT2D eigenvalue weighted by atomic mass is 19.4. The number of carbonyl (C=O) groups excluding carboxylic acids is 2. The number of nitriles is 1. The fourth-order valence-electron chi connectivity index (χ4n) is 1.87. The molecule has 0 aromatic carbocycles. The van der Waals surface area contributed by atoms with Crippen molar-refractivity contribution in [1.82, 2.24) is 0 Å². The highest BCUT2D eigenvalue weighted by Gasteiger charge is 2.47. The largest absolute Gasteiger partial charge is 0.464 e. The second-order valence-electron chi connectivity index (χ2n) is 5.07. The molecule has 0 aromatic heterocycles. The SMILES string of the molecule is CCCCCCCCCCOC(=O)C(C#N)C(=O)C(F)(F)F. The molecule has 126 valence electrons. The Morgan fingerprint density at radius 2 is 1.55 bits per heavy atom. The number of rotatable bonds is 11. The number of carbonyl (C=O) groups is 2. The lowest BCUT2D eigenvalue weighted by atomic mass is 10.1. The molecular weight excluding hydrogens is 299 g/mol. The van der Waals surface area contributed by atoms with E-state index >= 15 is 0 Å². The third kappa shape index (κ3) is 8.65. The predicted molar refractivity (Wildman–Crippen MR) is 73.7 cm³/mol. The zero-order valence-corrected chi connectivity index (χ0v) is 12.7. The molecule has 7 heteroatoms. The molecule has 0 aromatic rings. The zero-order chi connectivity index (χ0) is 17.0. The molecule has 0 amide bonds. The molecule has 1 unspecified atom stereocenters. The number of unbranched alkanes of at least 4 members (excludes halogenated alkanes) is 7. The van der Waals surface area contributed by atoms with Crippen LogP contribution in [0.3, 0.4) is 0 Å². The first-order valence-electron chi connectivity index (χ1n) is 7.51. The van der Waals surface area contributed by atoms with Crippen molar-refractivity contribution in [2.45, 2.75) is 64.5 Å². The number of hydrogen-bond donors (Lipinski definition) is 0. The number of nitrogens with zero attached hydrogens (tertiary/aromatic N) is 1. The molecule has 0 spiro atoms. The Morgan fingerprint density at radius 1 is 1.05 bits per heavy atom. The number of halogens is 3. The number of ketones is 1. The van der Waals surface area contributed by atoms with Crippen LogP contribution in [0.5, 0.6) is 0 Å². The first-order valence-corrected chi connectivity index (χ1v) is 7.51. The van der Waals surface area contributed by atoms with Crippen LogP contribution in [-0.2, 0) is 14.3 Å². The lowest BCUT2D eigenvalue weighted by Gasteiger charge is -2.10. The second-order valence-corrected chi connectivity index (χ2v) is 5.07. The monoisotopic (exact) mass is 321 g/mol. The molecule has 0 rings (SSSR count). The van der Waals surface area contributed by atoms with E-state index in [-0.39, 0.29) is 6.61 Å². The van der Waals surface area contributed by atoms with Crippen LogP contribution < -0.4 is 0 Å². The van der Waals surface area contributed by atoms with Gasteiger partial charge < -0.3 is 4.74 Å². The summed E-state index contributed by atoms with van der Waals surface area (Å²) in [5, 5.41) is 8.50. The van der Waals surface area contributed by atoms with Gasteiger partial charge in [-0.2, -0.15) is 18.4 Å². The summed E-state index contributed by atoms with van der Waals surface area (Å²) in [6, 6.07) is 1.04. The van der Waals surface area contributed by atoms with Crippen LogP contribution in [0.15, 0.2) is 0 Å². The van der Waals surface area contributed by atoms with E-state index in [0.717, 1.165) is 31.8 Å². The normalized spacial score (nSPS) is 12.5. The molecule has 0 aliphatic rings. The van der Waals surface area contributed by atoms with E-state index in [1.807, 2.05) is 0 Å². The number of ether oxygens (including phenoxy) is 1. The van der Waals surface area contributed by atoms with Crippen LogP contribution in [0, 0.1) is 17.2 Å². The summed E-state index contributed by atoms with van der Waals surface area (Å²) in [6.07, 6.45) is 2.84. The Labute approximate surface area is 128 Å². The molecule has 22 heavy (non-hydrogen) atoms. The van der Waals surface area contributed by atoms with Gasteiger partial charge in [-0.1, -0.05) is 51.9 Å². The van der Waals surface area contributed by atoms with Gasteiger partial charge in [0.1, 0.15) is 0 Å². The van der Waals surface area contributed by atoms with Crippen molar-refractivity contribution in [1.29, 1.82) is 5.26 Å². The molecule has 0 fully saturated rings. The summed E-state index contributed by atoms with van der Waals surface area (Å²) in [5.41, 5.74) is 0. The van der Waals surface area contributed by atoms with Crippen molar-refractivity contribution in [2.24, 2.45) is 5.92 Å². The highest BCUT2D eigenvalue weighted by Crippen LogP contribution is 2.21. The zero-order valence-electron chi connectivity index (χ0n) is 12.7. The Morgan fingerprint density at radius 3 is 2.00 bits per heavy atom. The molecule has 0 heterocycles. The van der Waals surface area contributed by atoms with E-state index in [4.69, 9.17) is 5.26 Å². The second kappa shape index (κ2) is 11.0. The van der Waals surface area contributed by atoms with Crippen molar-refractivity contribution in [3.8, 4) is 6.07 Å². The Kier molecular flexibility index (Phi) is 10.3. The van der Waals surface area contributed by atoms with Crippen LogP contribution in [-0.4, -0.2) is 24.5 Å². The number of esters is 1. The Bertz CT molecular complexity index is 388. The fraction of sp³-hybridized carbons (Fsp3) is 0.800. The molecule has 0 aliphatic heterocycles. The van der Waals surface area contributed by atoms with E-state index in [0.29, 0.717) is 6.42 Å². The topological polar surface area (TPSA) is 67.2 Å². The van der Waals surface area contributed by atoms with Gasteiger partial charge in [0.25, 0.3) is 5.78 Å². The Hall–Kier alpha value is -1.58. The lowest BCUT2D eigenvalue weighted by Crippen LogP contribution is -2.35. The maximum Gasteiger partial charge on any atom is 0.452 e. The van der Waals surface area contributed by atoms with E-state index in [1.54, 1.807) is 0 Å². The minimum atomic E-state index is -5.21. The third-order valence-electron chi connectivity index (χ3n) is 3.15. The van der Waals surface area contributed by atoms with Gasteiger partial charge in [0, 0.05) is 0 Å². The van der Waals surface area contributed by atoms with Crippen molar-refractivity contribution in [2.75, 3.05) is 6.61 Å². The predicted octanol–water partition coefficient (Wildman–Crippen LogP) is 3.94. The molecule has 0 N–H and O–H groups in total. The van der Waals surface area contributed by atoms with Crippen LogP contribution in [0.4, 0.5) is 13.2 Å². The van der Waals surface area contributed by atoms with Crippen LogP contribution in [0.1, 0.15) is 58.3 Å². The quantitative estimate of drug-likeness (QED) is 0.328. The minimum Gasteiger partial charge on any atom is -0.464 e. The first-order chi connectivity index (χ1) is 10.3. The van der Waals surface area contributed by atoms with Crippen LogP contribution in [0.2, 0.25) is 0 Å². The van der Waals surface area contributed by atoms with Crippen molar-refractivity contribution >= 4 is 11.8 Å². The minimum absolute atomic E-state index is 0.0723. The molecular formula is C15H22F3NO3. The summed E-state index contributed by atoms with van der Waals surface area (Å²) in [6.45, 7) is 2.06. The summed E-state index contributed by atoms with van der Waals surface area (Å²) >= 11 is 0. The fourth-order valence-corrected chi connectivity index (χ4v) is 1.87. The van der Waals surface area contributed by atoms with Crippen LogP contribution >= 0.6 is 0 Å². The molecule has 0 radical (unpaired) electrons. The number of alkyl halides is 3. The standard InChI is InChI=1S/C15H22F3NO3/c1-2-3-4-5-6-7-8-9-10-22-14(21)12(11-19)13(20)15(16,17)18/h12H,2-10H2,1H3. The number of Topliss-reactive ketones (excluding diaryl/α,β-unsaturated/α-hetero) is 1. The Balaban J connectivity index is 3.85. The van der Waals surface area contributed by atoms with E-state index in [2.05, 4.69) is 11.7 Å². The maximum absolute atomic E-state index is 12.2. The third-order valence-corrected chi connectivity index (χ3v) is 3.15. The lowest BCUT2D eigenvalue weighted by molar-refractivity contribution is -0.178. The summed E-state index contributed by atoms with van der Waals surface area (Å²) in [4.78, 5) is 22.2. The van der Waals surface area contributed by atoms with Gasteiger partial charge in [-0.15, -0.1) is 0 Å². The van der Waals surface area contributed by atoms with E-state index in [1.165, 1.54) is 19.3 Å². The summed E-state index contributed by atoms with van der Waals surface area (Å²) in [7, 11) is 0. The van der Waals surface area contributed by atoms with E-state index < -0.39 is 23.8 Å². The van der Waals surface area contributed by atoms with Crippen molar-refractivity contribution in [3.63, 3.8) is 0 Å². The van der Waals surface area contributed by atoms with Crippen molar-refractivity contribution in [3.05, 3.63) is 0 Å². The molecule has 1 atom stereocenters. The maximum atomic E-state index is 12.2. The molecule has 0 saturated carbocycles.